The number of ether oxygens (including phenoxy) is 2. The molecule has 178 valence electrons. The predicted octanol–water partition coefficient (Wildman–Crippen LogP) is 5.09. The van der Waals surface area contributed by atoms with Gasteiger partial charge in [0.1, 0.15) is 6.10 Å². The minimum Gasteiger partial charge on any atom is -0.466 e. The van der Waals surface area contributed by atoms with Gasteiger partial charge in [-0.2, -0.15) is 4.31 Å². The van der Waals surface area contributed by atoms with E-state index in [9.17, 15) is 13.2 Å². The number of esters is 1. The van der Waals surface area contributed by atoms with Crippen LogP contribution in [-0.2, 0) is 24.3 Å². The van der Waals surface area contributed by atoms with Crippen LogP contribution in [-0.4, -0.2) is 31.3 Å². The average Bonchev–Trinajstić information content (AvgIpc) is 3.20. The molecular weight excluding hydrogens is 450 g/mol. The molecule has 1 aliphatic heterocycles. The predicted molar refractivity (Wildman–Crippen MR) is 129 cm³/mol. The fourth-order valence-corrected chi connectivity index (χ4v) is 6.04. The molecule has 3 aromatic carbocycles. The summed E-state index contributed by atoms with van der Waals surface area (Å²) in [5, 5.41) is 0. The highest BCUT2D eigenvalue weighted by Gasteiger charge is 2.51. The van der Waals surface area contributed by atoms with Gasteiger partial charge in [0.05, 0.1) is 24.0 Å². The number of aryl methyl sites for hydroxylation is 2. The first kappa shape index (κ1) is 24.1. The van der Waals surface area contributed by atoms with Crippen molar-refractivity contribution in [3.8, 4) is 0 Å². The summed E-state index contributed by atoms with van der Waals surface area (Å²) < 4.78 is 41.1. The summed E-state index contributed by atoms with van der Waals surface area (Å²) in [5.41, 5.74) is 3.46. The molecule has 1 saturated heterocycles. The van der Waals surface area contributed by atoms with Gasteiger partial charge in [-0.05, 0) is 49.6 Å². The minimum absolute atomic E-state index is 0.124. The Morgan fingerprint density at radius 3 is 2.24 bits per heavy atom. The van der Waals surface area contributed by atoms with E-state index in [2.05, 4.69) is 0 Å². The summed E-state index contributed by atoms with van der Waals surface area (Å²) in [5.74, 6) is -0.465. The molecule has 3 aromatic rings. The van der Waals surface area contributed by atoms with Crippen molar-refractivity contribution in [2.24, 2.45) is 0 Å². The molecule has 0 aliphatic carbocycles. The lowest BCUT2D eigenvalue weighted by molar-refractivity contribution is -0.144. The zero-order valence-electron chi connectivity index (χ0n) is 19.5. The summed E-state index contributed by atoms with van der Waals surface area (Å²) in [7, 11) is -4.02. The first-order valence-electron chi connectivity index (χ1n) is 11.3. The van der Waals surface area contributed by atoms with Crippen molar-refractivity contribution < 1.29 is 22.7 Å². The minimum atomic E-state index is -4.02. The third-order valence-electron chi connectivity index (χ3n) is 6.04. The molecule has 0 amide bonds. The van der Waals surface area contributed by atoms with Gasteiger partial charge in [-0.25, -0.2) is 8.42 Å². The molecule has 4 rings (SSSR count). The zero-order valence-corrected chi connectivity index (χ0v) is 20.4. The number of hydrogen-bond acceptors (Lipinski definition) is 5. The van der Waals surface area contributed by atoms with Crippen LogP contribution < -0.4 is 0 Å². The Morgan fingerprint density at radius 2 is 1.59 bits per heavy atom. The van der Waals surface area contributed by atoms with Gasteiger partial charge in [0.2, 0.25) is 10.0 Å². The summed E-state index contributed by atoms with van der Waals surface area (Å²) in [6.07, 6.45) is -1.66. The highest BCUT2D eigenvalue weighted by atomic mass is 32.2. The topological polar surface area (TPSA) is 72.9 Å². The van der Waals surface area contributed by atoms with E-state index in [1.54, 1.807) is 31.2 Å². The number of carbonyl (C=O) groups excluding carboxylic acids is 1. The fraction of sp³-hybridized carbons (Fsp3) is 0.296. The van der Waals surface area contributed by atoms with Gasteiger partial charge in [-0.3, -0.25) is 4.79 Å². The molecule has 3 atom stereocenters. The SMILES string of the molecule is CCOC(=O)C[C@@H]1[C@@H](c2ccccc2C)O[C@H](c2ccccc2)N1S(=O)(=O)c1ccc(C)cc1. The van der Waals surface area contributed by atoms with Crippen LogP contribution in [0.4, 0.5) is 0 Å². The quantitative estimate of drug-likeness (QED) is 0.442. The van der Waals surface area contributed by atoms with Crippen molar-refractivity contribution in [2.75, 3.05) is 6.61 Å². The van der Waals surface area contributed by atoms with Crippen LogP contribution in [0.2, 0.25) is 0 Å². The van der Waals surface area contributed by atoms with Crippen molar-refractivity contribution in [3.05, 3.63) is 101 Å². The Kier molecular flexibility index (Phi) is 7.16. The first-order valence-corrected chi connectivity index (χ1v) is 12.8. The van der Waals surface area contributed by atoms with Crippen LogP contribution in [0.5, 0.6) is 0 Å². The molecule has 0 spiro atoms. The van der Waals surface area contributed by atoms with E-state index >= 15 is 0 Å². The van der Waals surface area contributed by atoms with Crippen LogP contribution in [0.1, 0.15) is 47.9 Å². The van der Waals surface area contributed by atoms with E-state index in [1.807, 2.05) is 68.4 Å². The van der Waals surface area contributed by atoms with Crippen LogP contribution in [0, 0.1) is 13.8 Å². The van der Waals surface area contributed by atoms with Gasteiger partial charge in [0, 0.05) is 0 Å². The number of hydrogen-bond donors (Lipinski definition) is 0. The molecule has 1 fully saturated rings. The monoisotopic (exact) mass is 479 g/mol. The Morgan fingerprint density at radius 1 is 0.941 bits per heavy atom. The molecular formula is C27H29NO5S. The Bertz CT molecular complexity index is 1240. The summed E-state index contributed by atoms with van der Waals surface area (Å²) in [6, 6.07) is 22.8. The van der Waals surface area contributed by atoms with Crippen LogP contribution >= 0.6 is 0 Å². The molecule has 0 N–H and O–H groups in total. The Labute approximate surface area is 201 Å². The third-order valence-corrected chi connectivity index (χ3v) is 7.93. The van der Waals surface area contributed by atoms with E-state index in [-0.39, 0.29) is 17.9 Å². The zero-order chi connectivity index (χ0) is 24.3. The molecule has 0 bridgehead atoms. The molecule has 0 unspecified atom stereocenters. The van der Waals surface area contributed by atoms with Gasteiger partial charge >= 0.3 is 5.97 Å². The molecule has 0 radical (unpaired) electrons. The van der Waals surface area contributed by atoms with Gasteiger partial charge in [0.25, 0.3) is 0 Å². The standard InChI is InChI=1S/C27H29NO5S/c1-4-32-25(29)18-24-26(23-13-9-8-10-20(23)3)33-27(21-11-6-5-7-12-21)28(24)34(30,31)22-16-14-19(2)15-17-22/h5-17,24,26-27H,4,18H2,1-3H3/t24-,26-,27-/m1/s1. The van der Waals surface area contributed by atoms with E-state index in [0.717, 1.165) is 16.7 Å². The maximum atomic E-state index is 14.0. The summed E-state index contributed by atoms with van der Waals surface area (Å²) in [4.78, 5) is 12.8. The fourth-order valence-electron chi connectivity index (χ4n) is 4.35. The number of carbonyl (C=O) groups is 1. The normalized spacial score (nSPS) is 20.9. The van der Waals surface area contributed by atoms with Crippen LogP contribution in [0.3, 0.4) is 0 Å². The summed E-state index contributed by atoms with van der Waals surface area (Å²) >= 11 is 0. The Hall–Kier alpha value is -3.00. The molecule has 34 heavy (non-hydrogen) atoms. The third kappa shape index (κ3) is 4.78. The van der Waals surface area contributed by atoms with Gasteiger partial charge in [0.15, 0.2) is 6.23 Å². The van der Waals surface area contributed by atoms with Crippen LogP contribution in [0.15, 0.2) is 83.8 Å². The molecule has 0 aromatic heterocycles. The van der Waals surface area contributed by atoms with Gasteiger partial charge < -0.3 is 9.47 Å². The number of sulfonamides is 1. The lowest BCUT2D eigenvalue weighted by atomic mass is 9.96. The average molecular weight is 480 g/mol. The van der Waals surface area contributed by atoms with Gasteiger partial charge in [-0.15, -0.1) is 0 Å². The molecule has 1 heterocycles. The Balaban J connectivity index is 1.88. The van der Waals surface area contributed by atoms with Crippen molar-refractivity contribution in [2.45, 2.75) is 50.5 Å². The highest BCUT2D eigenvalue weighted by molar-refractivity contribution is 7.89. The summed E-state index contributed by atoms with van der Waals surface area (Å²) in [6.45, 7) is 5.80. The molecule has 6 nitrogen and oxygen atoms in total. The van der Waals surface area contributed by atoms with E-state index < -0.39 is 34.4 Å². The largest absolute Gasteiger partial charge is 0.466 e. The van der Waals surface area contributed by atoms with E-state index in [0.29, 0.717) is 5.56 Å². The lowest BCUT2D eigenvalue weighted by Gasteiger charge is -2.28. The maximum absolute atomic E-state index is 14.0. The molecule has 1 aliphatic rings. The van der Waals surface area contributed by atoms with Gasteiger partial charge in [-0.1, -0.05) is 72.3 Å². The smallest absolute Gasteiger partial charge is 0.307 e. The number of rotatable bonds is 7. The van der Waals surface area contributed by atoms with E-state index in [4.69, 9.17) is 9.47 Å². The molecule has 0 saturated carbocycles. The maximum Gasteiger partial charge on any atom is 0.307 e. The van der Waals surface area contributed by atoms with Crippen molar-refractivity contribution >= 4 is 16.0 Å². The lowest BCUT2D eigenvalue weighted by Crippen LogP contribution is -2.40. The van der Waals surface area contributed by atoms with Crippen molar-refractivity contribution in [1.82, 2.24) is 4.31 Å². The van der Waals surface area contributed by atoms with E-state index in [1.165, 1.54) is 4.31 Å². The highest BCUT2D eigenvalue weighted by Crippen LogP contribution is 2.47. The second-order valence-electron chi connectivity index (χ2n) is 8.40. The molecule has 7 heteroatoms. The second kappa shape index (κ2) is 10.1. The number of nitrogens with zero attached hydrogens (tertiary/aromatic N) is 1. The van der Waals surface area contributed by atoms with Crippen molar-refractivity contribution in [3.63, 3.8) is 0 Å². The van der Waals surface area contributed by atoms with Crippen molar-refractivity contribution in [1.29, 1.82) is 0 Å². The number of benzene rings is 3. The van der Waals surface area contributed by atoms with Crippen LogP contribution in [0.25, 0.3) is 0 Å². The first-order chi connectivity index (χ1) is 16.3. The second-order valence-corrected chi connectivity index (χ2v) is 10.2.